The summed E-state index contributed by atoms with van der Waals surface area (Å²) in [5, 5.41) is 3.08. The fourth-order valence-corrected chi connectivity index (χ4v) is 2.85. The molecule has 1 saturated heterocycles. The lowest BCUT2D eigenvalue weighted by Crippen LogP contribution is -2.46. The van der Waals surface area contributed by atoms with E-state index in [2.05, 4.69) is 29.3 Å². The molecular formula is C17H26N2O. The number of rotatable bonds is 3. The van der Waals surface area contributed by atoms with E-state index in [4.69, 9.17) is 0 Å². The van der Waals surface area contributed by atoms with E-state index in [1.807, 2.05) is 26.8 Å². The van der Waals surface area contributed by atoms with Crippen molar-refractivity contribution >= 4 is 11.6 Å². The molecule has 1 aromatic rings. The SMILES string of the molecule is Cc1ccc(C)c(NC(=O)[C@H](C)N2CCC[C@H](C)C2)c1. The Labute approximate surface area is 122 Å². The summed E-state index contributed by atoms with van der Waals surface area (Å²) in [7, 11) is 0. The molecule has 20 heavy (non-hydrogen) atoms. The van der Waals surface area contributed by atoms with Gasteiger partial charge in [0.25, 0.3) is 0 Å². The summed E-state index contributed by atoms with van der Waals surface area (Å²) < 4.78 is 0. The van der Waals surface area contributed by atoms with Crippen LogP contribution in [0.25, 0.3) is 0 Å². The molecule has 0 aromatic heterocycles. The number of likely N-dealkylation sites (tertiary alicyclic amines) is 1. The Hall–Kier alpha value is -1.35. The Morgan fingerprint density at radius 1 is 1.40 bits per heavy atom. The number of hydrogen-bond donors (Lipinski definition) is 1. The predicted molar refractivity (Wildman–Crippen MR) is 84.0 cm³/mol. The van der Waals surface area contributed by atoms with Gasteiger partial charge in [-0.1, -0.05) is 19.1 Å². The van der Waals surface area contributed by atoms with E-state index in [0.717, 1.165) is 24.3 Å². The van der Waals surface area contributed by atoms with Crippen LogP contribution in [0, 0.1) is 19.8 Å². The van der Waals surface area contributed by atoms with Gasteiger partial charge in [-0.25, -0.2) is 0 Å². The molecular weight excluding hydrogens is 248 g/mol. The first-order valence-corrected chi connectivity index (χ1v) is 7.59. The zero-order valence-electron chi connectivity index (χ0n) is 13.1. The number of anilines is 1. The minimum absolute atomic E-state index is 0.0577. The van der Waals surface area contributed by atoms with Crippen LogP contribution in [0.5, 0.6) is 0 Å². The molecule has 1 N–H and O–H groups in total. The van der Waals surface area contributed by atoms with E-state index < -0.39 is 0 Å². The average molecular weight is 274 g/mol. The van der Waals surface area contributed by atoms with Gasteiger partial charge in [-0.3, -0.25) is 9.69 Å². The number of carbonyl (C=O) groups excluding carboxylic acids is 1. The van der Waals surface area contributed by atoms with Crippen LogP contribution in [0.2, 0.25) is 0 Å². The number of aryl methyl sites for hydroxylation is 2. The van der Waals surface area contributed by atoms with Crippen molar-refractivity contribution in [1.29, 1.82) is 0 Å². The molecule has 1 amide bonds. The van der Waals surface area contributed by atoms with E-state index in [0.29, 0.717) is 5.92 Å². The number of benzene rings is 1. The smallest absolute Gasteiger partial charge is 0.241 e. The van der Waals surface area contributed by atoms with Gasteiger partial charge in [0.05, 0.1) is 6.04 Å². The normalized spacial score (nSPS) is 21.5. The van der Waals surface area contributed by atoms with Crippen molar-refractivity contribution in [2.75, 3.05) is 18.4 Å². The van der Waals surface area contributed by atoms with Crippen LogP contribution < -0.4 is 5.32 Å². The van der Waals surface area contributed by atoms with E-state index in [1.165, 1.54) is 18.4 Å². The number of hydrogen-bond acceptors (Lipinski definition) is 2. The van der Waals surface area contributed by atoms with E-state index in [1.54, 1.807) is 0 Å². The second-order valence-corrected chi connectivity index (χ2v) is 6.23. The summed E-state index contributed by atoms with van der Waals surface area (Å²) >= 11 is 0. The molecule has 0 radical (unpaired) electrons. The van der Waals surface area contributed by atoms with Crippen LogP contribution in [0.15, 0.2) is 18.2 Å². The molecule has 1 fully saturated rings. The third-order valence-corrected chi connectivity index (χ3v) is 4.27. The van der Waals surface area contributed by atoms with Crippen molar-refractivity contribution in [3.63, 3.8) is 0 Å². The van der Waals surface area contributed by atoms with E-state index in [-0.39, 0.29) is 11.9 Å². The van der Waals surface area contributed by atoms with Crippen LogP contribution in [0.1, 0.15) is 37.8 Å². The molecule has 0 aliphatic carbocycles. The lowest BCUT2D eigenvalue weighted by atomic mass is 9.99. The number of amides is 1. The Kier molecular flexibility index (Phi) is 4.81. The highest BCUT2D eigenvalue weighted by Gasteiger charge is 2.25. The van der Waals surface area contributed by atoms with Crippen molar-refractivity contribution in [3.8, 4) is 0 Å². The molecule has 110 valence electrons. The van der Waals surface area contributed by atoms with Crippen molar-refractivity contribution in [2.24, 2.45) is 5.92 Å². The van der Waals surface area contributed by atoms with Crippen molar-refractivity contribution < 1.29 is 4.79 Å². The lowest BCUT2D eigenvalue weighted by molar-refractivity contribution is -0.121. The zero-order valence-corrected chi connectivity index (χ0v) is 13.1. The molecule has 1 aliphatic rings. The van der Waals surface area contributed by atoms with Gasteiger partial charge in [-0.15, -0.1) is 0 Å². The largest absolute Gasteiger partial charge is 0.324 e. The highest BCUT2D eigenvalue weighted by Crippen LogP contribution is 2.20. The highest BCUT2D eigenvalue weighted by atomic mass is 16.2. The zero-order chi connectivity index (χ0) is 14.7. The van der Waals surface area contributed by atoms with Crippen LogP contribution in [-0.2, 0) is 4.79 Å². The summed E-state index contributed by atoms with van der Waals surface area (Å²) in [6.07, 6.45) is 2.48. The van der Waals surface area contributed by atoms with Gasteiger partial charge in [0.2, 0.25) is 5.91 Å². The van der Waals surface area contributed by atoms with Crippen molar-refractivity contribution in [1.82, 2.24) is 4.90 Å². The molecule has 3 nitrogen and oxygen atoms in total. The summed E-state index contributed by atoms with van der Waals surface area (Å²) in [6, 6.07) is 6.11. The average Bonchev–Trinajstić information content (AvgIpc) is 2.42. The van der Waals surface area contributed by atoms with E-state index in [9.17, 15) is 4.79 Å². The minimum Gasteiger partial charge on any atom is -0.324 e. The second-order valence-electron chi connectivity index (χ2n) is 6.23. The van der Waals surface area contributed by atoms with Crippen LogP contribution >= 0.6 is 0 Å². The van der Waals surface area contributed by atoms with Gasteiger partial charge in [0.15, 0.2) is 0 Å². The van der Waals surface area contributed by atoms with Crippen molar-refractivity contribution in [2.45, 2.75) is 46.6 Å². The molecule has 0 unspecified atom stereocenters. The fraction of sp³-hybridized carbons (Fsp3) is 0.588. The molecule has 0 saturated carbocycles. The molecule has 3 heteroatoms. The lowest BCUT2D eigenvalue weighted by Gasteiger charge is -2.34. The highest BCUT2D eigenvalue weighted by molar-refractivity contribution is 5.95. The van der Waals surface area contributed by atoms with Gasteiger partial charge in [0.1, 0.15) is 0 Å². The van der Waals surface area contributed by atoms with Crippen LogP contribution in [0.3, 0.4) is 0 Å². The molecule has 0 spiro atoms. The predicted octanol–water partition coefficient (Wildman–Crippen LogP) is 3.36. The first-order chi connectivity index (χ1) is 9.47. The number of nitrogens with one attached hydrogen (secondary N) is 1. The third kappa shape index (κ3) is 3.60. The quantitative estimate of drug-likeness (QED) is 0.916. The number of nitrogens with zero attached hydrogens (tertiary/aromatic N) is 1. The fourth-order valence-electron chi connectivity index (χ4n) is 2.85. The summed E-state index contributed by atoms with van der Waals surface area (Å²) in [5.41, 5.74) is 3.22. The molecule has 1 aromatic carbocycles. The number of piperidine rings is 1. The van der Waals surface area contributed by atoms with Gasteiger partial charge in [-0.05, 0) is 63.3 Å². The summed E-state index contributed by atoms with van der Waals surface area (Å²) in [5.74, 6) is 0.799. The topological polar surface area (TPSA) is 32.3 Å². The first kappa shape index (κ1) is 15.0. The maximum Gasteiger partial charge on any atom is 0.241 e. The Balaban J connectivity index is 2.02. The van der Waals surface area contributed by atoms with Gasteiger partial charge < -0.3 is 5.32 Å². The van der Waals surface area contributed by atoms with Crippen molar-refractivity contribution in [3.05, 3.63) is 29.3 Å². The van der Waals surface area contributed by atoms with Gasteiger partial charge in [0, 0.05) is 12.2 Å². The summed E-state index contributed by atoms with van der Waals surface area (Å²) in [6.45, 7) is 10.4. The molecule has 1 aliphatic heterocycles. The van der Waals surface area contributed by atoms with Gasteiger partial charge >= 0.3 is 0 Å². The number of carbonyl (C=O) groups is 1. The third-order valence-electron chi connectivity index (χ3n) is 4.27. The Morgan fingerprint density at radius 3 is 2.85 bits per heavy atom. The maximum absolute atomic E-state index is 12.4. The van der Waals surface area contributed by atoms with E-state index >= 15 is 0 Å². The first-order valence-electron chi connectivity index (χ1n) is 7.59. The van der Waals surface area contributed by atoms with Crippen LogP contribution in [0.4, 0.5) is 5.69 Å². The maximum atomic E-state index is 12.4. The second kappa shape index (κ2) is 6.40. The molecule has 0 bridgehead atoms. The molecule has 1 heterocycles. The minimum atomic E-state index is -0.0577. The Morgan fingerprint density at radius 2 is 2.15 bits per heavy atom. The standard InChI is InChI=1S/C17H26N2O/c1-12-7-8-14(3)16(10-12)18-17(20)15(4)19-9-5-6-13(2)11-19/h7-8,10,13,15H,5-6,9,11H2,1-4H3,(H,18,20)/t13-,15-/m0/s1. The molecule has 2 rings (SSSR count). The molecule has 2 atom stereocenters. The monoisotopic (exact) mass is 274 g/mol. The Bertz CT molecular complexity index is 484. The summed E-state index contributed by atoms with van der Waals surface area (Å²) in [4.78, 5) is 14.7. The van der Waals surface area contributed by atoms with Gasteiger partial charge in [-0.2, -0.15) is 0 Å². The van der Waals surface area contributed by atoms with Crippen LogP contribution in [-0.4, -0.2) is 29.9 Å².